The third kappa shape index (κ3) is 1.19. The highest BCUT2D eigenvalue weighted by Gasteiger charge is 2.40. The van der Waals surface area contributed by atoms with Gasteiger partial charge in [0, 0.05) is 30.0 Å². The molecule has 0 saturated heterocycles. The van der Waals surface area contributed by atoms with E-state index < -0.39 is 0 Å². The molecule has 0 fully saturated rings. The second kappa shape index (κ2) is 3.43. The first kappa shape index (κ1) is 11.4. The van der Waals surface area contributed by atoms with E-state index in [2.05, 4.69) is 0 Å². The molecule has 0 amide bonds. The minimum absolute atomic E-state index is 0.195. The van der Waals surface area contributed by atoms with Crippen LogP contribution in [0, 0.1) is 19.7 Å². The van der Waals surface area contributed by atoms with Gasteiger partial charge in [-0.3, -0.25) is 4.49 Å². The van der Waals surface area contributed by atoms with Gasteiger partial charge in [0.1, 0.15) is 5.82 Å². The molecule has 0 aromatic carbocycles. The van der Waals surface area contributed by atoms with Crippen molar-refractivity contribution in [2.75, 3.05) is 0 Å². The van der Waals surface area contributed by atoms with Crippen molar-refractivity contribution in [1.82, 2.24) is 4.48 Å². The van der Waals surface area contributed by atoms with E-state index >= 15 is 0 Å². The zero-order chi connectivity index (χ0) is 13.2. The Balaban J connectivity index is 2.29. The molecule has 0 N–H and O–H groups in total. The van der Waals surface area contributed by atoms with Crippen molar-refractivity contribution in [3.8, 4) is 0 Å². The van der Waals surface area contributed by atoms with Crippen LogP contribution in [0.5, 0.6) is 0 Å². The van der Waals surface area contributed by atoms with E-state index in [0.29, 0.717) is 22.5 Å². The number of hydrogen-bond acceptors (Lipinski definition) is 0. The fraction of sp³-hybridized carbons (Fsp3) is 0.308. The number of halogens is 2. The van der Waals surface area contributed by atoms with Gasteiger partial charge in [-0.25, -0.2) is 4.39 Å². The summed E-state index contributed by atoms with van der Waals surface area (Å²) in [7, 11) is 1.75. The molecule has 1 aromatic rings. The van der Waals surface area contributed by atoms with Crippen molar-refractivity contribution in [3.05, 3.63) is 39.9 Å². The molecule has 3 heterocycles. The summed E-state index contributed by atoms with van der Waals surface area (Å²) in [4.78, 5) is 0. The Morgan fingerprint density at radius 1 is 1.17 bits per heavy atom. The lowest BCUT2D eigenvalue weighted by atomic mass is 10.0. The Labute approximate surface area is 105 Å². The molecule has 0 saturated carbocycles. The summed E-state index contributed by atoms with van der Waals surface area (Å²) < 4.78 is 31.3. The standard InChI is InChI=1S/C13H13BF2N2/c1-6-10-5-11-7(2)13(16)9(4)18(11)14-17(10)8(3)12(6)15/h5H,1-4H3/q+1. The zero-order valence-corrected chi connectivity index (χ0v) is 10.8. The Hall–Kier alpha value is -1.65. The summed E-state index contributed by atoms with van der Waals surface area (Å²) in [5, 5.41) is 0. The van der Waals surface area contributed by atoms with Crippen molar-refractivity contribution in [2.45, 2.75) is 27.7 Å². The lowest BCUT2D eigenvalue weighted by Gasteiger charge is -2.11. The first-order valence-electron chi connectivity index (χ1n) is 5.87. The highest BCUT2D eigenvalue weighted by atomic mass is 19.1. The highest BCUT2D eigenvalue weighted by Crippen LogP contribution is 2.32. The summed E-state index contributed by atoms with van der Waals surface area (Å²) in [6.45, 7) is 6.94. The Kier molecular flexibility index (Phi) is 2.18. The number of fused-ring (bicyclic) bond motifs is 2. The average molecular weight is 246 g/mol. The third-order valence-corrected chi connectivity index (χ3v) is 3.81. The van der Waals surface area contributed by atoms with Crippen molar-refractivity contribution in [3.63, 3.8) is 0 Å². The van der Waals surface area contributed by atoms with E-state index in [-0.39, 0.29) is 11.6 Å². The normalized spacial score (nSPS) is 17.8. The molecule has 2 aliphatic heterocycles. The largest absolute Gasteiger partial charge is 0.700 e. The molecule has 5 heteroatoms. The van der Waals surface area contributed by atoms with Crippen LogP contribution in [0.2, 0.25) is 0 Å². The SMILES string of the molecule is CC1=C(F)C(C)=[N+]2[B]n3c(C)c(F)c(C)c3C=C12. The highest BCUT2D eigenvalue weighted by molar-refractivity contribution is 6.29. The molecule has 0 unspecified atom stereocenters. The Morgan fingerprint density at radius 2 is 1.83 bits per heavy atom. The predicted molar refractivity (Wildman–Crippen MR) is 67.7 cm³/mol. The van der Waals surface area contributed by atoms with Crippen LogP contribution in [0.1, 0.15) is 30.8 Å². The molecule has 2 nitrogen and oxygen atoms in total. The van der Waals surface area contributed by atoms with Gasteiger partial charge < -0.3 is 4.48 Å². The first-order chi connectivity index (χ1) is 8.43. The molecular formula is C13H13BF2N2+. The molecule has 1 radical (unpaired) electrons. The lowest BCUT2D eigenvalue weighted by Crippen LogP contribution is -2.30. The summed E-state index contributed by atoms with van der Waals surface area (Å²) in [6, 6.07) is 0. The van der Waals surface area contributed by atoms with Crippen LogP contribution >= 0.6 is 0 Å². The van der Waals surface area contributed by atoms with Crippen molar-refractivity contribution in [1.29, 1.82) is 0 Å². The minimum atomic E-state index is -0.195. The van der Waals surface area contributed by atoms with Gasteiger partial charge in [0.25, 0.3) is 0 Å². The number of rotatable bonds is 0. The molecule has 0 aliphatic carbocycles. The molecule has 18 heavy (non-hydrogen) atoms. The van der Waals surface area contributed by atoms with Gasteiger partial charge in [0.05, 0.1) is 5.57 Å². The van der Waals surface area contributed by atoms with Gasteiger partial charge in [0.2, 0.25) is 0 Å². The summed E-state index contributed by atoms with van der Waals surface area (Å²) in [6.07, 6.45) is 1.84. The second-order valence-electron chi connectivity index (χ2n) is 4.82. The van der Waals surface area contributed by atoms with Gasteiger partial charge in [0.15, 0.2) is 17.2 Å². The number of hydrogen-bond donors (Lipinski definition) is 0. The van der Waals surface area contributed by atoms with Crippen LogP contribution < -0.4 is 0 Å². The zero-order valence-electron chi connectivity index (χ0n) is 10.8. The Bertz CT molecular complexity index is 678. The van der Waals surface area contributed by atoms with Crippen LogP contribution in [0.3, 0.4) is 0 Å². The van der Waals surface area contributed by atoms with Crippen molar-refractivity contribution >= 4 is 19.3 Å². The Morgan fingerprint density at radius 3 is 2.50 bits per heavy atom. The van der Waals surface area contributed by atoms with Crippen LogP contribution in [0.25, 0.3) is 6.08 Å². The monoisotopic (exact) mass is 246 g/mol. The fourth-order valence-electron chi connectivity index (χ4n) is 2.60. The molecule has 0 spiro atoms. The van der Waals surface area contributed by atoms with Gasteiger partial charge >= 0.3 is 7.55 Å². The summed E-state index contributed by atoms with van der Waals surface area (Å²) >= 11 is 0. The van der Waals surface area contributed by atoms with Crippen LogP contribution in [-0.4, -0.2) is 22.2 Å². The fourth-order valence-corrected chi connectivity index (χ4v) is 2.60. The molecule has 1 aromatic heterocycles. The molecule has 3 rings (SSSR count). The van der Waals surface area contributed by atoms with Gasteiger partial charge in [-0.05, 0) is 20.8 Å². The van der Waals surface area contributed by atoms with Gasteiger partial charge in [-0.2, -0.15) is 4.39 Å². The van der Waals surface area contributed by atoms with E-state index in [1.807, 2.05) is 6.08 Å². The topological polar surface area (TPSA) is 7.94 Å². The second-order valence-corrected chi connectivity index (χ2v) is 4.82. The quantitative estimate of drug-likeness (QED) is 0.622. The van der Waals surface area contributed by atoms with E-state index in [0.717, 1.165) is 11.4 Å². The van der Waals surface area contributed by atoms with Crippen LogP contribution in [0.4, 0.5) is 8.78 Å². The number of allylic oxidation sites excluding steroid dienone is 2. The van der Waals surface area contributed by atoms with Gasteiger partial charge in [-0.1, -0.05) is 0 Å². The molecule has 0 atom stereocenters. The number of nitrogens with zero attached hydrogens (tertiary/aromatic N) is 2. The van der Waals surface area contributed by atoms with Gasteiger partial charge in [-0.15, -0.1) is 0 Å². The maximum atomic E-state index is 13.9. The minimum Gasteiger partial charge on any atom is -0.320 e. The predicted octanol–water partition coefficient (Wildman–Crippen LogP) is 2.71. The van der Waals surface area contributed by atoms with Crippen LogP contribution in [-0.2, 0) is 0 Å². The van der Waals surface area contributed by atoms with Crippen LogP contribution in [0.15, 0.2) is 17.1 Å². The van der Waals surface area contributed by atoms with E-state index in [4.69, 9.17) is 0 Å². The van der Waals surface area contributed by atoms with E-state index in [1.54, 1.807) is 44.2 Å². The summed E-state index contributed by atoms with van der Waals surface area (Å²) in [5.41, 5.74) is 3.89. The maximum absolute atomic E-state index is 13.9. The van der Waals surface area contributed by atoms with E-state index in [1.165, 1.54) is 0 Å². The molecule has 91 valence electrons. The lowest BCUT2D eigenvalue weighted by molar-refractivity contribution is -0.315. The first-order valence-corrected chi connectivity index (χ1v) is 5.87. The molecule has 2 aliphatic rings. The number of aromatic nitrogens is 1. The smallest absolute Gasteiger partial charge is 0.320 e. The summed E-state index contributed by atoms with van der Waals surface area (Å²) in [5.74, 6) is -0.391. The maximum Gasteiger partial charge on any atom is 0.700 e. The van der Waals surface area contributed by atoms with Crippen molar-refractivity contribution < 1.29 is 13.3 Å². The van der Waals surface area contributed by atoms with Crippen molar-refractivity contribution in [2.24, 2.45) is 0 Å². The van der Waals surface area contributed by atoms with E-state index in [9.17, 15) is 8.78 Å². The third-order valence-electron chi connectivity index (χ3n) is 3.81. The molecular weight excluding hydrogens is 233 g/mol. The molecule has 0 bridgehead atoms. The average Bonchev–Trinajstić information content (AvgIpc) is 2.71.